The normalized spacial score (nSPS) is 40.5. The Labute approximate surface area is 127 Å². The van der Waals surface area contributed by atoms with Crippen molar-refractivity contribution in [2.45, 2.75) is 70.9 Å². The van der Waals surface area contributed by atoms with Crippen molar-refractivity contribution < 1.29 is 9.59 Å². The van der Waals surface area contributed by atoms with Gasteiger partial charge in [-0.3, -0.25) is 9.59 Å². The number of carbonyl (C=O) groups excluding carboxylic acids is 2. The van der Waals surface area contributed by atoms with Crippen LogP contribution < -0.4 is 5.32 Å². The van der Waals surface area contributed by atoms with Crippen LogP contribution in [-0.2, 0) is 9.59 Å². The zero-order valence-electron chi connectivity index (χ0n) is 13.5. The molecule has 0 aromatic heterocycles. The van der Waals surface area contributed by atoms with Gasteiger partial charge in [0, 0.05) is 6.54 Å². The quantitative estimate of drug-likeness (QED) is 0.864. The molecule has 3 rings (SSSR count). The van der Waals surface area contributed by atoms with Crippen LogP contribution in [0.3, 0.4) is 0 Å². The maximum atomic E-state index is 13.0. The zero-order chi connectivity index (χ0) is 15.2. The first-order valence-electron chi connectivity index (χ1n) is 8.58. The highest BCUT2D eigenvalue weighted by Gasteiger charge is 2.55. The number of carbonyl (C=O) groups is 2. The summed E-state index contributed by atoms with van der Waals surface area (Å²) in [6.07, 6.45) is 6.49. The molecular weight excluding hydrogens is 264 g/mol. The topological polar surface area (TPSA) is 49.4 Å². The van der Waals surface area contributed by atoms with E-state index in [2.05, 4.69) is 12.2 Å². The van der Waals surface area contributed by atoms with Gasteiger partial charge in [-0.25, -0.2) is 0 Å². The molecule has 1 heterocycles. The molecule has 1 N–H and O–H groups in total. The molecule has 3 fully saturated rings. The summed E-state index contributed by atoms with van der Waals surface area (Å²) in [6.45, 7) is 7.00. The highest BCUT2D eigenvalue weighted by Crippen LogP contribution is 2.43. The molecule has 0 radical (unpaired) electrons. The average Bonchev–Trinajstić information content (AvgIpc) is 3.21. The summed E-state index contributed by atoms with van der Waals surface area (Å²) in [5.41, 5.74) is -0.646. The Kier molecular flexibility index (Phi) is 3.74. The van der Waals surface area contributed by atoms with Crippen molar-refractivity contribution >= 4 is 11.8 Å². The molecule has 2 amide bonds. The van der Waals surface area contributed by atoms with E-state index in [0.717, 1.165) is 25.3 Å². The summed E-state index contributed by atoms with van der Waals surface area (Å²) in [5.74, 6) is 1.90. The number of hydrogen-bond donors (Lipinski definition) is 1. The molecule has 0 aromatic carbocycles. The van der Waals surface area contributed by atoms with Gasteiger partial charge in [-0.05, 0) is 56.8 Å². The number of nitrogens with one attached hydrogen (secondary N) is 1. The van der Waals surface area contributed by atoms with Crippen molar-refractivity contribution in [3.05, 3.63) is 0 Å². The standard InChI is InChI=1S/C17H28N2O2/c1-4-14-15(20)18-17(3,13-7-8-13)16(21)19(14)10-12-6-5-11(2)9-12/h11-14H,4-10H2,1-3H3,(H,18,20). The Hall–Kier alpha value is -1.06. The first-order chi connectivity index (χ1) is 9.95. The van der Waals surface area contributed by atoms with Crippen LogP contribution >= 0.6 is 0 Å². The molecule has 0 bridgehead atoms. The lowest BCUT2D eigenvalue weighted by molar-refractivity contribution is -0.156. The highest BCUT2D eigenvalue weighted by atomic mass is 16.2. The second-order valence-electron chi connectivity index (χ2n) is 7.63. The van der Waals surface area contributed by atoms with Gasteiger partial charge in [0.1, 0.15) is 11.6 Å². The van der Waals surface area contributed by atoms with E-state index in [9.17, 15) is 9.59 Å². The Morgan fingerprint density at radius 1 is 1.24 bits per heavy atom. The third-order valence-corrected chi connectivity index (χ3v) is 5.81. The van der Waals surface area contributed by atoms with Crippen LogP contribution in [0.25, 0.3) is 0 Å². The first-order valence-corrected chi connectivity index (χ1v) is 8.58. The third kappa shape index (κ3) is 2.58. The molecule has 21 heavy (non-hydrogen) atoms. The lowest BCUT2D eigenvalue weighted by atomic mass is 9.88. The van der Waals surface area contributed by atoms with Gasteiger partial charge in [-0.2, -0.15) is 0 Å². The van der Waals surface area contributed by atoms with Crippen molar-refractivity contribution in [2.24, 2.45) is 17.8 Å². The minimum absolute atomic E-state index is 0.0533. The van der Waals surface area contributed by atoms with Crippen LogP contribution in [0, 0.1) is 17.8 Å². The van der Waals surface area contributed by atoms with Gasteiger partial charge in [-0.15, -0.1) is 0 Å². The molecule has 3 aliphatic rings. The minimum Gasteiger partial charge on any atom is -0.340 e. The summed E-state index contributed by atoms with van der Waals surface area (Å²) in [7, 11) is 0. The Bertz CT molecular complexity index is 446. The monoisotopic (exact) mass is 292 g/mol. The molecule has 2 aliphatic carbocycles. The molecule has 4 unspecified atom stereocenters. The van der Waals surface area contributed by atoms with Crippen LogP contribution in [0.4, 0.5) is 0 Å². The van der Waals surface area contributed by atoms with Gasteiger partial charge in [0.25, 0.3) is 0 Å². The second kappa shape index (κ2) is 5.29. The summed E-state index contributed by atoms with van der Waals surface area (Å²) >= 11 is 0. The number of hydrogen-bond acceptors (Lipinski definition) is 2. The maximum absolute atomic E-state index is 13.0. The highest BCUT2D eigenvalue weighted by molar-refractivity contribution is 6.00. The maximum Gasteiger partial charge on any atom is 0.249 e. The Morgan fingerprint density at radius 3 is 2.48 bits per heavy atom. The first kappa shape index (κ1) is 14.9. The zero-order valence-corrected chi connectivity index (χ0v) is 13.5. The van der Waals surface area contributed by atoms with E-state index in [1.165, 1.54) is 19.3 Å². The van der Waals surface area contributed by atoms with Crippen LogP contribution in [0.2, 0.25) is 0 Å². The molecule has 1 aliphatic heterocycles. The summed E-state index contributed by atoms with van der Waals surface area (Å²) in [6, 6.07) is -0.264. The molecular formula is C17H28N2O2. The molecule has 4 heteroatoms. The van der Waals surface area contributed by atoms with Crippen molar-refractivity contribution in [2.75, 3.05) is 6.54 Å². The fourth-order valence-corrected chi connectivity index (χ4v) is 4.30. The van der Waals surface area contributed by atoms with Crippen LogP contribution in [-0.4, -0.2) is 34.8 Å². The predicted octanol–water partition coefficient (Wildman–Crippen LogP) is 2.33. The molecule has 4 atom stereocenters. The largest absolute Gasteiger partial charge is 0.340 e. The lowest BCUT2D eigenvalue weighted by Gasteiger charge is -2.45. The number of piperazine rings is 1. The molecule has 118 valence electrons. The minimum atomic E-state index is -0.646. The van der Waals surface area contributed by atoms with Crippen LogP contribution in [0.15, 0.2) is 0 Å². The molecule has 0 spiro atoms. The molecule has 2 saturated carbocycles. The number of nitrogens with zero attached hydrogens (tertiary/aromatic N) is 1. The number of rotatable bonds is 4. The summed E-state index contributed by atoms with van der Waals surface area (Å²) < 4.78 is 0. The van der Waals surface area contributed by atoms with Gasteiger partial charge in [0.15, 0.2) is 0 Å². The Balaban J connectivity index is 1.79. The van der Waals surface area contributed by atoms with E-state index in [1.54, 1.807) is 0 Å². The van der Waals surface area contributed by atoms with E-state index < -0.39 is 5.54 Å². The van der Waals surface area contributed by atoms with Crippen molar-refractivity contribution in [3.63, 3.8) is 0 Å². The summed E-state index contributed by atoms with van der Waals surface area (Å²) in [5, 5.41) is 3.04. The molecule has 0 aromatic rings. The van der Waals surface area contributed by atoms with Gasteiger partial charge in [0.2, 0.25) is 11.8 Å². The molecule has 1 saturated heterocycles. The third-order valence-electron chi connectivity index (χ3n) is 5.81. The fraction of sp³-hybridized carbons (Fsp3) is 0.882. The van der Waals surface area contributed by atoms with Crippen molar-refractivity contribution in [1.29, 1.82) is 0 Å². The lowest BCUT2D eigenvalue weighted by Crippen LogP contribution is -2.70. The van der Waals surface area contributed by atoms with E-state index in [1.807, 2.05) is 18.7 Å². The van der Waals surface area contributed by atoms with E-state index >= 15 is 0 Å². The van der Waals surface area contributed by atoms with E-state index in [0.29, 0.717) is 18.3 Å². The van der Waals surface area contributed by atoms with Crippen LogP contribution in [0.1, 0.15) is 59.3 Å². The SMILES string of the molecule is CCC1C(=O)NC(C)(C2CC2)C(=O)N1CC1CCC(C)C1. The van der Waals surface area contributed by atoms with Gasteiger partial charge < -0.3 is 10.2 Å². The molecule has 4 nitrogen and oxygen atoms in total. The van der Waals surface area contributed by atoms with Gasteiger partial charge in [0.05, 0.1) is 0 Å². The number of amides is 2. The predicted molar refractivity (Wildman–Crippen MR) is 81.6 cm³/mol. The van der Waals surface area contributed by atoms with Crippen molar-refractivity contribution in [1.82, 2.24) is 10.2 Å². The average molecular weight is 292 g/mol. The van der Waals surface area contributed by atoms with E-state index in [4.69, 9.17) is 0 Å². The van der Waals surface area contributed by atoms with Gasteiger partial charge in [-0.1, -0.05) is 20.3 Å². The fourth-order valence-electron chi connectivity index (χ4n) is 4.30. The van der Waals surface area contributed by atoms with Crippen molar-refractivity contribution in [3.8, 4) is 0 Å². The Morgan fingerprint density at radius 2 is 1.95 bits per heavy atom. The summed E-state index contributed by atoms with van der Waals surface area (Å²) in [4.78, 5) is 27.4. The van der Waals surface area contributed by atoms with Gasteiger partial charge >= 0.3 is 0 Å². The second-order valence-corrected chi connectivity index (χ2v) is 7.63. The van der Waals surface area contributed by atoms with Crippen LogP contribution in [0.5, 0.6) is 0 Å². The smallest absolute Gasteiger partial charge is 0.249 e. The van der Waals surface area contributed by atoms with E-state index in [-0.39, 0.29) is 17.9 Å².